The Bertz CT molecular complexity index is 770. The van der Waals surface area contributed by atoms with Crippen molar-refractivity contribution in [1.82, 2.24) is 9.97 Å². The van der Waals surface area contributed by atoms with Crippen LogP contribution in [-0.2, 0) is 0 Å². The van der Waals surface area contributed by atoms with E-state index in [1.165, 1.54) is 31.5 Å². The number of nitrogens with zero attached hydrogens (tertiary/aromatic N) is 2. The SMILES string of the molecule is COc1cccc2cnc(-c3c(F)cccc3F)nc12. The molecule has 1 aromatic heterocycles. The van der Waals surface area contributed by atoms with E-state index in [0.29, 0.717) is 11.3 Å². The third kappa shape index (κ3) is 1.97. The van der Waals surface area contributed by atoms with Gasteiger partial charge in [0.2, 0.25) is 0 Å². The molecule has 100 valence electrons. The lowest BCUT2D eigenvalue weighted by molar-refractivity contribution is 0.419. The molecule has 1 heterocycles. The van der Waals surface area contributed by atoms with Crippen LogP contribution in [0.5, 0.6) is 5.75 Å². The Morgan fingerprint density at radius 2 is 1.70 bits per heavy atom. The number of halogens is 2. The predicted molar refractivity (Wildman–Crippen MR) is 71.4 cm³/mol. The van der Waals surface area contributed by atoms with E-state index in [1.54, 1.807) is 18.2 Å². The summed E-state index contributed by atoms with van der Waals surface area (Å²) in [6, 6.07) is 8.99. The third-order valence-corrected chi connectivity index (χ3v) is 2.98. The molecule has 0 saturated carbocycles. The number of aromatic nitrogens is 2. The molecule has 0 N–H and O–H groups in total. The first-order chi connectivity index (χ1) is 9.70. The largest absolute Gasteiger partial charge is 0.494 e. The highest BCUT2D eigenvalue weighted by molar-refractivity contribution is 5.85. The molecule has 0 fully saturated rings. The quantitative estimate of drug-likeness (QED) is 0.715. The second-order valence-corrected chi connectivity index (χ2v) is 4.19. The summed E-state index contributed by atoms with van der Waals surface area (Å²) in [5.74, 6) is -0.862. The van der Waals surface area contributed by atoms with Crippen LogP contribution in [0.15, 0.2) is 42.6 Å². The first kappa shape index (κ1) is 12.5. The van der Waals surface area contributed by atoms with Gasteiger partial charge >= 0.3 is 0 Å². The van der Waals surface area contributed by atoms with Crippen LogP contribution in [0.4, 0.5) is 8.78 Å². The van der Waals surface area contributed by atoms with Crippen molar-refractivity contribution in [2.24, 2.45) is 0 Å². The zero-order valence-electron chi connectivity index (χ0n) is 10.6. The minimum atomic E-state index is -0.695. The van der Waals surface area contributed by atoms with Gasteiger partial charge in [-0.2, -0.15) is 0 Å². The Hall–Kier alpha value is -2.56. The Morgan fingerprint density at radius 3 is 2.40 bits per heavy atom. The van der Waals surface area contributed by atoms with Crippen LogP contribution in [0, 0.1) is 11.6 Å². The molecule has 0 aliphatic heterocycles. The highest BCUT2D eigenvalue weighted by Gasteiger charge is 2.15. The number of hydrogen-bond acceptors (Lipinski definition) is 3. The van der Waals surface area contributed by atoms with Crippen LogP contribution in [0.25, 0.3) is 22.3 Å². The second kappa shape index (κ2) is 4.85. The fraction of sp³-hybridized carbons (Fsp3) is 0.0667. The molecule has 5 heteroatoms. The first-order valence-electron chi connectivity index (χ1n) is 5.95. The van der Waals surface area contributed by atoms with Gasteiger partial charge in [-0.3, -0.25) is 0 Å². The van der Waals surface area contributed by atoms with Crippen molar-refractivity contribution in [3.63, 3.8) is 0 Å². The van der Waals surface area contributed by atoms with Gasteiger partial charge in [-0.25, -0.2) is 18.7 Å². The van der Waals surface area contributed by atoms with E-state index in [2.05, 4.69) is 9.97 Å². The minimum absolute atomic E-state index is 0.00222. The molecule has 0 atom stereocenters. The van der Waals surface area contributed by atoms with Crippen LogP contribution in [0.1, 0.15) is 0 Å². The number of hydrogen-bond donors (Lipinski definition) is 0. The lowest BCUT2D eigenvalue weighted by Gasteiger charge is -2.07. The van der Waals surface area contributed by atoms with E-state index in [4.69, 9.17) is 4.74 Å². The number of ether oxygens (including phenoxy) is 1. The van der Waals surface area contributed by atoms with Crippen molar-refractivity contribution in [2.75, 3.05) is 7.11 Å². The Kier molecular flexibility index (Phi) is 3.02. The van der Waals surface area contributed by atoms with Crippen LogP contribution >= 0.6 is 0 Å². The monoisotopic (exact) mass is 272 g/mol. The van der Waals surface area contributed by atoms with Crippen molar-refractivity contribution >= 4 is 10.9 Å². The van der Waals surface area contributed by atoms with E-state index in [-0.39, 0.29) is 11.4 Å². The fourth-order valence-electron chi connectivity index (χ4n) is 2.03. The Labute approximate surface area is 113 Å². The topological polar surface area (TPSA) is 35.0 Å². The molecule has 0 unspecified atom stereocenters. The molecule has 0 spiro atoms. The summed E-state index contributed by atoms with van der Waals surface area (Å²) in [5.41, 5.74) is 0.281. The summed E-state index contributed by atoms with van der Waals surface area (Å²) < 4.78 is 32.7. The number of benzene rings is 2. The molecule has 2 aromatic carbocycles. The molecule has 0 radical (unpaired) electrons. The van der Waals surface area contributed by atoms with E-state index >= 15 is 0 Å². The summed E-state index contributed by atoms with van der Waals surface area (Å²) in [6.07, 6.45) is 1.52. The molecular weight excluding hydrogens is 262 g/mol. The van der Waals surface area contributed by atoms with Crippen LogP contribution < -0.4 is 4.74 Å². The molecule has 0 aliphatic carbocycles. The third-order valence-electron chi connectivity index (χ3n) is 2.98. The van der Waals surface area contributed by atoms with E-state index in [1.807, 2.05) is 0 Å². The summed E-state index contributed by atoms with van der Waals surface area (Å²) in [5, 5.41) is 0.741. The lowest BCUT2D eigenvalue weighted by atomic mass is 10.1. The molecule has 0 saturated heterocycles. The van der Waals surface area contributed by atoms with Gasteiger partial charge in [0.05, 0.1) is 12.7 Å². The average molecular weight is 272 g/mol. The molecule has 0 aliphatic rings. The summed E-state index contributed by atoms with van der Waals surface area (Å²) in [6.45, 7) is 0. The van der Waals surface area contributed by atoms with Crippen molar-refractivity contribution < 1.29 is 13.5 Å². The van der Waals surface area contributed by atoms with Crippen LogP contribution in [0.3, 0.4) is 0 Å². The minimum Gasteiger partial charge on any atom is -0.494 e. The van der Waals surface area contributed by atoms with Gasteiger partial charge in [-0.15, -0.1) is 0 Å². The van der Waals surface area contributed by atoms with Gasteiger partial charge < -0.3 is 4.74 Å². The van der Waals surface area contributed by atoms with Gasteiger partial charge in [0.1, 0.15) is 22.9 Å². The standard InChI is InChI=1S/C15H10F2N2O/c1-20-12-7-2-4-9-8-18-15(19-14(9)12)13-10(16)5-3-6-11(13)17/h2-8H,1H3. The molecule has 3 nitrogen and oxygen atoms in total. The summed E-state index contributed by atoms with van der Waals surface area (Å²) >= 11 is 0. The van der Waals surface area contributed by atoms with Gasteiger partial charge in [0.25, 0.3) is 0 Å². The molecular formula is C15H10F2N2O. The zero-order chi connectivity index (χ0) is 14.1. The van der Waals surface area contributed by atoms with E-state index in [9.17, 15) is 8.78 Å². The Balaban J connectivity index is 2.28. The normalized spacial score (nSPS) is 10.8. The van der Waals surface area contributed by atoms with E-state index in [0.717, 1.165) is 5.39 Å². The van der Waals surface area contributed by atoms with Crippen molar-refractivity contribution in [3.8, 4) is 17.1 Å². The number of para-hydroxylation sites is 1. The van der Waals surface area contributed by atoms with Crippen molar-refractivity contribution in [2.45, 2.75) is 0 Å². The van der Waals surface area contributed by atoms with Gasteiger partial charge in [-0.1, -0.05) is 18.2 Å². The maximum Gasteiger partial charge on any atom is 0.165 e. The van der Waals surface area contributed by atoms with Crippen molar-refractivity contribution in [1.29, 1.82) is 0 Å². The Morgan fingerprint density at radius 1 is 1.00 bits per heavy atom. The maximum atomic E-state index is 13.8. The molecule has 3 aromatic rings. The molecule has 0 bridgehead atoms. The van der Waals surface area contributed by atoms with Gasteiger partial charge in [0, 0.05) is 11.6 Å². The number of rotatable bonds is 2. The maximum absolute atomic E-state index is 13.8. The van der Waals surface area contributed by atoms with E-state index < -0.39 is 11.6 Å². The fourth-order valence-corrected chi connectivity index (χ4v) is 2.03. The van der Waals surface area contributed by atoms with Gasteiger partial charge in [-0.05, 0) is 18.2 Å². The summed E-state index contributed by atoms with van der Waals surface area (Å²) in [4.78, 5) is 8.25. The van der Waals surface area contributed by atoms with Crippen LogP contribution in [0.2, 0.25) is 0 Å². The lowest BCUT2D eigenvalue weighted by Crippen LogP contribution is -1.97. The first-order valence-corrected chi connectivity index (χ1v) is 5.95. The van der Waals surface area contributed by atoms with Crippen LogP contribution in [-0.4, -0.2) is 17.1 Å². The summed E-state index contributed by atoms with van der Waals surface area (Å²) in [7, 11) is 1.51. The molecule has 20 heavy (non-hydrogen) atoms. The number of fused-ring (bicyclic) bond motifs is 1. The average Bonchev–Trinajstić information content (AvgIpc) is 2.46. The molecule has 3 rings (SSSR count). The smallest absolute Gasteiger partial charge is 0.165 e. The second-order valence-electron chi connectivity index (χ2n) is 4.19. The highest BCUT2D eigenvalue weighted by atomic mass is 19.1. The predicted octanol–water partition coefficient (Wildman–Crippen LogP) is 3.58. The van der Waals surface area contributed by atoms with Crippen molar-refractivity contribution in [3.05, 3.63) is 54.2 Å². The zero-order valence-corrected chi connectivity index (χ0v) is 10.6. The molecule has 0 amide bonds. The number of methoxy groups -OCH3 is 1. The van der Waals surface area contributed by atoms with Gasteiger partial charge in [0.15, 0.2) is 5.82 Å². The highest BCUT2D eigenvalue weighted by Crippen LogP contribution is 2.27.